The molecule has 0 saturated carbocycles. The lowest BCUT2D eigenvalue weighted by Crippen LogP contribution is -2.49. The summed E-state index contributed by atoms with van der Waals surface area (Å²) >= 11 is 0. The van der Waals surface area contributed by atoms with Crippen molar-refractivity contribution < 1.29 is 13.6 Å². The number of aromatic nitrogens is 2. The number of carbonyl (C=O) groups is 1. The second kappa shape index (κ2) is 11.3. The molecule has 10 heteroatoms. The molecule has 28 heavy (non-hydrogen) atoms. The van der Waals surface area contributed by atoms with Crippen molar-refractivity contribution in [2.45, 2.75) is 25.6 Å². The molecular formula is C18H25Cl2F2N5O. The Bertz CT molecular complexity index is 724. The predicted molar refractivity (Wildman–Crippen MR) is 108 cm³/mol. The van der Waals surface area contributed by atoms with Crippen molar-refractivity contribution in [1.82, 2.24) is 19.4 Å². The van der Waals surface area contributed by atoms with E-state index in [2.05, 4.69) is 4.98 Å². The van der Waals surface area contributed by atoms with Crippen LogP contribution in [0.25, 0.3) is 0 Å². The van der Waals surface area contributed by atoms with Crippen LogP contribution in [0.3, 0.4) is 0 Å². The van der Waals surface area contributed by atoms with Crippen LogP contribution in [0.1, 0.15) is 30.4 Å². The molecule has 1 atom stereocenters. The Labute approximate surface area is 175 Å². The molecule has 6 nitrogen and oxygen atoms in total. The molecule has 1 fully saturated rings. The van der Waals surface area contributed by atoms with E-state index in [0.29, 0.717) is 38.5 Å². The number of rotatable bonds is 6. The van der Waals surface area contributed by atoms with E-state index in [4.69, 9.17) is 5.73 Å². The lowest BCUT2D eigenvalue weighted by Gasteiger charge is -2.35. The maximum absolute atomic E-state index is 12.9. The fraction of sp³-hybridized carbons (Fsp3) is 0.444. The minimum Gasteiger partial charge on any atom is -0.340 e. The van der Waals surface area contributed by atoms with Crippen LogP contribution in [0.5, 0.6) is 0 Å². The molecule has 1 saturated heterocycles. The zero-order chi connectivity index (χ0) is 18.5. The molecule has 0 spiro atoms. The van der Waals surface area contributed by atoms with Crippen LogP contribution in [-0.2, 0) is 11.3 Å². The van der Waals surface area contributed by atoms with Gasteiger partial charge in [-0.2, -0.15) is 8.78 Å². The van der Waals surface area contributed by atoms with Crippen molar-refractivity contribution in [3.63, 3.8) is 0 Å². The van der Waals surface area contributed by atoms with Crippen LogP contribution in [0.2, 0.25) is 0 Å². The highest BCUT2D eigenvalue weighted by Gasteiger charge is 2.24. The molecular weight excluding hydrogens is 411 g/mol. The second-order valence-electron chi connectivity index (χ2n) is 6.41. The van der Waals surface area contributed by atoms with Gasteiger partial charge >= 0.3 is 6.55 Å². The molecule has 2 heterocycles. The van der Waals surface area contributed by atoms with Gasteiger partial charge in [0.2, 0.25) is 5.91 Å². The number of imidazole rings is 1. The van der Waals surface area contributed by atoms with E-state index >= 15 is 0 Å². The number of amides is 1. The summed E-state index contributed by atoms with van der Waals surface area (Å²) < 4.78 is 26.6. The van der Waals surface area contributed by atoms with Crippen LogP contribution in [-0.4, -0.2) is 51.4 Å². The predicted octanol–water partition coefficient (Wildman–Crippen LogP) is 2.86. The first-order valence-corrected chi connectivity index (χ1v) is 8.65. The number of hydrogen-bond donors (Lipinski definition) is 1. The lowest BCUT2D eigenvalue weighted by molar-refractivity contribution is -0.133. The number of alkyl halides is 2. The molecule has 2 N–H and O–H groups in total. The second-order valence-corrected chi connectivity index (χ2v) is 6.41. The quantitative estimate of drug-likeness (QED) is 0.757. The van der Waals surface area contributed by atoms with Crippen LogP contribution >= 0.6 is 24.8 Å². The minimum absolute atomic E-state index is 0. The van der Waals surface area contributed by atoms with Crippen molar-refractivity contribution in [3.8, 4) is 0 Å². The van der Waals surface area contributed by atoms with Crippen molar-refractivity contribution >= 4 is 30.7 Å². The van der Waals surface area contributed by atoms with Crippen molar-refractivity contribution in [3.05, 3.63) is 54.1 Å². The first kappa shape index (κ1) is 24.3. The number of hydrogen-bond acceptors (Lipinski definition) is 4. The summed E-state index contributed by atoms with van der Waals surface area (Å²) in [5, 5.41) is 0. The first-order chi connectivity index (χ1) is 12.5. The average molecular weight is 436 g/mol. The minimum atomic E-state index is -2.59. The Morgan fingerprint density at radius 1 is 1.11 bits per heavy atom. The van der Waals surface area contributed by atoms with Gasteiger partial charge in [-0.25, -0.2) is 4.98 Å². The van der Waals surface area contributed by atoms with Gasteiger partial charge in [0, 0.05) is 51.0 Å². The molecule has 0 bridgehead atoms. The first-order valence-electron chi connectivity index (χ1n) is 8.65. The van der Waals surface area contributed by atoms with E-state index < -0.39 is 6.55 Å². The highest BCUT2D eigenvalue weighted by atomic mass is 35.5. The van der Waals surface area contributed by atoms with Crippen LogP contribution in [0.4, 0.5) is 8.78 Å². The van der Waals surface area contributed by atoms with Gasteiger partial charge in [0.05, 0.1) is 6.54 Å². The van der Waals surface area contributed by atoms with E-state index in [1.54, 1.807) is 4.90 Å². The summed E-state index contributed by atoms with van der Waals surface area (Å²) in [5.41, 5.74) is 7.07. The monoisotopic (exact) mass is 435 g/mol. The zero-order valence-corrected chi connectivity index (χ0v) is 16.9. The molecule has 2 aromatic rings. The van der Waals surface area contributed by atoms with E-state index in [1.807, 2.05) is 35.2 Å². The van der Waals surface area contributed by atoms with Gasteiger partial charge in [-0.3, -0.25) is 14.3 Å². The highest BCUT2D eigenvalue weighted by Crippen LogP contribution is 2.17. The standard InChI is InChI=1S/C18H23F2N5O.2ClH/c19-18(20)25-7-6-22-16(25)13-23-8-10-24(11-9-23)17(26)12-15(21)14-4-2-1-3-5-14;;/h1-7,15,18H,8-13,21H2;2*1H. The fourth-order valence-corrected chi connectivity index (χ4v) is 3.13. The molecule has 3 rings (SSSR count). The SMILES string of the molecule is Cl.Cl.NC(CC(=O)N1CCN(Cc2nccn2C(F)F)CC1)c1ccccc1. The number of carbonyl (C=O) groups excluding carboxylic acids is 1. The highest BCUT2D eigenvalue weighted by molar-refractivity contribution is 5.85. The third-order valence-corrected chi connectivity index (χ3v) is 4.67. The molecule has 1 aliphatic rings. The van der Waals surface area contributed by atoms with E-state index in [0.717, 1.165) is 10.1 Å². The molecule has 1 amide bonds. The number of piperazine rings is 1. The molecule has 1 unspecified atom stereocenters. The number of nitrogens with two attached hydrogens (primary N) is 1. The maximum Gasteiger partial charge on any atom is 0.319 e. The zero-order valence-electron chi connectivity index (χ0n) is 15.3. The summed E-state index contributed by atoms with van der Waals surface area (Å²) in [6.45, 7) is 0.147. The Balaban J connectivity index is 0.00000196. The third-order valence-electron chi connectivity index (χ3n) is 4.67. The van der Waals surface area contributed by atoms with E-state index in [9.17, 15) is 13.6 Å². The van der Waals surface area contributed by atoms with Gasteiger partial charge in [-0.15, -0.1) is 24.8 Å². The fourth-order valence-electron chi connectivity index (χ4n) is 3.13. The number of benzene rings is 1. The maximum atomic E-state index is 12.9. The van der Waals surface area contributed by atoms with Gasteiger partial charge < -0.3 is 10.6 Å². The summed E-state index contributed by atoms with van der Waals surface area (Å²) in [6, 6.07) is 9.24. The van der Waals surface area contributed by atoms with Crippen LogP contribution in [0.15, 0.2) is 42.7 Å². The molecule has 1 aliphatic heterocycles. The Kier molecular flexibility index (Phi) is 9.81. The van der Waals surface area contributed by atoms with Gasteiger partial charge in [-0.1, -0.05) is 30.3 Å². The summed E-state index contributed by atoms with van der Waals surface area (Å²) in [5.74, 6) is 0.362. The molecule has 0 radical (unpaired) electrons. The lowest BCUT2D eigenvalue weighted by atomic mass is 10.0. The largest absolute Gasteiger partial charge is 0.340 e. The smallest absolute Gasteiger partial charge is 0.319 e. The van der Waals surface area contributed by atoms with Crippen molar-refractivity contribution in [2.24, 2.45) is 5.73 Å². The normalized spacial score (nSPS) is 15.6. The van der Waals surface area contributed by atoms with Gasteiger partial charge in [0.25, 0.3) is 0 Å². The summed E-state index contributed by atoms with van der Waals surface area (Å²) in [4.78, 5) is 20.3. The Hall–Kier alpha value is -1.74. The van der Waals surface area contributed by atoms with E-state index in [-0.39, 0.29) is 43.2 Å². The van der Waals surface area contributed by atoms with Crippen molar-refractivity contribution in [2.75, 3.05) is 26.2 Å². The van der Waals surface area contributed by atoms with Crippen LogP contribution < -0.4 is 5.73 Å². The summed E-state index contributed by atoms with van der Waals surface area (Å²) in [6.07, 6.45) is 2.93. The summed E-state index contributed by atoms with van der Waals surface area (Å²) in [7, 11) is 0. The molecule has 0 aliphatic carbocycles. The third kappa shape index (κ3) is 6.13. The van der Waals surface area contributed by atoms with Crippen LogP contribution in [0, 0.1) is 0 Å². The van der Waals surface area contributed by atoms with Gasteiger partial charge in [0.15, 0.2) is 0 Å². The Morgan fingerprint density at radius 2 is 1.75 bits per heavy atom. The molecule has 1 aromatic heterocycles. The average Bonchev–Trinajstić information content (AvgIpc) is 3.11. The molecule has 1 aromatic carbocycles. The Morgan fingerprint density at radius 3 is 2.36 bits per heavy atom. The number of halogens is 4. The van der Waals surface area contributed by atoms with Crippen molar-refractivity contribution in [1.29, 1.82) is 0 Å². The number of nitrogens with zero attached hydrogens (tertiary/aromatic N) is 4. The topological polar surface area (TPSA) is 67.4 Å². The molecule has 156 valence electrons. The van der Waals surface area contributed by atoms with Gasteiger partial charge in [-0.05, 0) is 5.56 Å². The van der Waals surface area contributed by atoms with E-state index in [1.165, 1.54) is 12.4 Å². The van der Waals surface area contributed by atoms with Gasteiger partial charge in [0.1, 0.15) is 5.82 Å².